The summed E-state index contributed by atoms with van der Waals surface area (Å²) in [7, 11) is 0. The number of alkyl halides is 3. The van der Waals surface area contributed by atoms with Gasteiger partial charge in [0.25, 0.3) is 0 Å². The van der Waals surface area contributed by atoms with Crippen LogP contribution in [-0.4, -0.2) is 29.3 Å². The highest BCUT2D eigenvalue weighted by Crippen LogP contribution is 2.33. The third-order valence-electron chi connectivity index (χ3n) is 3.78. The van der Waals surface area contributed by atoms with Gasteiger partial charge in [-0.05, 0) is 49.2 Å². The largest absolute Gasteiger partial charge is 0.393 e. The lowest BCUT2D eigenvalue weighted by Crippen LogP contribution is -2.46. The maximum Gasteiger partial charge on any atom is 0.393 e. The van der Waals surface area contributed by atoms with Crippen molar-refractivity contribution in [1.29, 1.82) is 0 Å². The zero-order valence-electron chi connectivity index (χ0n) is 11.9. The first-order chi connectivity index (χ1) is 9.90. The van der Waals surface area contributed by atoms with Gasteiger partial charge in [-0.3, -0.25) is 0 Å². The van der Waals surface area contributed by atoms with Crippen LogP contribution in [0.1, 0.15) is 25.3 Å². The zero-order valence-corrected chi connectivity index (χ0v) is 12.7. The molecule has 6 heteroatoms. The van der Waals surface area contributed by atoms with Crippen LogP contribution in [0.3, 0.4) is 0 Å². The fourth-order valence-electron chi connectivity index (χ4n) is 2.46. The summed E-state index contributed by atoms with van der Waals surface area (Å²) in [5, 5.41) is 3.39. The Hall–Kier alpha value is -1.30. The van der Waals surface area contributed by atoms with E-state index in [0.717, 1.165) is 12.1 Å². The van der Waals surface area contributed by atoms with Crippen LogP contribution in [0.2, 0.25) is 0 Å². The number of nitrogens with zero attached hydrogens (tertiary/aromatic N) is 1. The van der Waals surface area contributed by atoms with Crippen LogP contribution >= 0.6 is 12.2 Å². The maximum atomic E-state index is 12.8. The molecule has 0 saturated carbocycles. The number of aryl methyl sites for hydroxylation is 1. The lowest BCUT2D eigenvalue weighted by atomic mass is 9.98. The van der Waals surface area contributed by atoms with E-state index in [1.165, 1.54) is 5.56 Å². The second kappa shape index (κ2) is 6.64. The lowest BCUT2D eigenvalue weighted by molar-refractivity contribution is -0.183. The van der Waals surface area contributed by atoms with Crippen molar-refractivity contribution in [3.05, 3.63) is 29.8 Å². The topological polar surface area (TPSA) is 15.3 Å². The minimum Gasteiger partial charge on any atom is -0.348 e. The minimum atomic E-state index is -4.14. The average molecular weight is 316 g/mol. The Balaban J connectivity index is 1.96. The van der Waals surface area contributed by atoms with Gasteiger partial charge in [0.2, 0.25) is 0 Å². The Morgan fingerprint density at radius 1 is 1.33 bits per heavy atom. The Morgan fingerprint density at radius 3 is 2.57 bits per heavy atom. The molecule has 21 heavy (non-hydrogen) atoms. The van der Waals surface area contributed by atoms with Gasteiger partial charge in [0.05, 0.1) is 5.92 Å². The number of rotatable bonds is 2. The summed E-state index contributed by atoms with van der Waals surface area (Å²) in [5.74, 6) is -1.28. The van der Waals surface area contributed by atoms with Crippen LogP contribution in [0.25, 0.3) is 0 Å². The standard InChI is InChI=1S/C15H19F3N2S/c1-2-11-5-7-13(8-6-11)19-14(21)20-9-3-4-12(10-20)15(16,17)18/h5-8,12H,2-4,9-10H2,1H3,(H,19,21)/t12-/m1/s1. The highest BCUT2D eigenvalue weighted by atomic mass is 32.1. The Kier molecular flexibility index (Phi) is 5.08. The number of thiocarbonyl (C=S) groups is 1. The molecule has 116 valence electrons. The van der Waals surface area contributed by atoms with Gasteiger partial charge in [0.1, 0.15) is 0 Å². The molecule has 0 aromatic heterocycles. The molecular weight excluding hydrogens is 297 g/mol. The van der Waals surface area contributed by atoms with Gasteiger partial charge >= 0.3 is 6.18 Å². The predicted octanol–water partition coefficient (Wildman–Crippen LogP) is 4.22. The van der Waals surface area contributed by atoms with Crippen LogP contribution in [0.5, 0.6) is 0 Å². The van der Waals surface area contributed by atoms with E-state index < -0.39 is 12.1 Å². The number of benzene rings is 1. The quantitative estimate of drug-likeness (QED) is 0.823. The Bertz CT molecular complexity index is 485. The predicted molar refractivity (Wildman–Crippen MR) is 82.4 cm³/mol. The van der Waals surface area contributed by atoms with E-state index >= 15 is 0 Å². The third-order valence-corrected chi connectivity index (χ3v) is 4.15. The molecule has 0 aliphatic carbocycles. The maximum absolute atomic E-state index is 12.8. The van der Waals surface area contributed by atoms with Crippen LogP contribution in [0, 0.1) is 5.92 Å². The molecule has 1 aliphatic heterocycles. The molecular formula is C15H19F3N2S. The lowest BCUT2D eigenvalue weighted by Gasteiger charge is -2.35. The highest BCUT2D eigenvalue weighted by molar-refractivity contribution is 7.80. The number of halogens is 3. The Morgan fingerprint density at radius 2 is 2.00 bits per heavy atom. The van der Waals surface area contributed by atoms with E-state index in [1.54, 1.807) is 4.90 Å². The summed E-state index contributed by atoms with van der Waals surface area (Å²) in [5.41, 5.74) is 2.02. The van der Waals surface area contributed by atoms with Crippen molar-refractivity contribution in [2.24, 2.45) is 5.92 Å². The molecule has 0 spiro atoms. The summed E-state index contributed by atoms with van der Waals surface area (Å²) in [6, 6.07) is 7.77. The zero-order chi connectivity index (χ0) is 15.5. The van der Waals surface area contributed by atoms with E-state index in [1.807, 2.05) is 24.3 Å². The van der Waals surface area contributed by atoms with E-state index in [-0.39, 0.29) is 13.0 Å². The fraction of sp³-hybridized carbons (Fsp3) is 0.533. The SMILES string of the molecule is CCc1ccc(NC(=S)N2CCC[C@@H](C(F)(F)F)C2)cc1. The number of likely N-dealkylation sites (tertiary alicyclic amines) is 1. The van der Waals surface area contributed by atoms with Crippen molar-refractivity contribution in [2.45, 2.75) is 32.4 Å². The van der Waals surface area contributed by atoms with Crippen molar-refractivity contribution in [3.8, 4) is 0 Å². The monoisotopic (exact) mass is 316 g/mol. The van der Waals surface area contributed by atoms with E-state index in [2.05, 4.69) is 12.2 Å². The molecule has 1 heterocycles. The molecule has 1 aliphatic rings. The van der Waals surface area contributed by atoms with Gasteiger partial charge < -0.3 is 10.2 Å². The normalized spacial score (nSPS) is 19.4. The Labute approximate surface area is 128 Å². The van der Waals surface area contributed by atoms with Crippen LogP contribution in [0.15, 0.2) is 24.3 Å². The molecule has 1 aromatic rings. The number of hydrogen-bond acceptors (Lipinski definition) is 1. The first kappa shape index (κ1) is 16.1. The van der Waals surface area contributed by atoms with E-state index in [4.69, 9.17) is 12.2 Å². The number of hydrogen-bond donors (Lipinski definition) is 1. The molecule has 1 fully saturated rings. The summed E-state index contributed by atoms with van der Waals surface area (Å²) >= 11 is 5.24. The van der Waals surface area contributed by atoms with Gasteiger partial charge in [0.15, 0.2) is 5.11 Å². The van der Waals surface area contributed by atoms with Gasteiger partial charge in [-0.1, -0.05) is 19.1 Å². The van der Waals surface area contributed by atoms with Gasteiger partial charge in [0, 0.05) is 18.8 Å². The number of anilines is 1. The second-order valence-electron chi connectivity index (χ2n) is 5.31. The third kappa shape index (κ3) is 4.33. The number of nitrogens with one attached hydrogen (secondary N) is 1. The highest BCUT2D eigenvalue weighted by Gasteiger charge is 2.42. The molecule has 1 N–H and O–H groups in total. The van der Waals surface area contributed by atoms with Crippen LogP contribution < -0.4 is 5.32 Å². The van der Waals surface area contributed by atoms with E-state index in [0.29, 0.717) is 18.1 Å². The number of piperidine rings is 1. The van der Waals surface area contributed by atoms with Crippen LogP contribution in [0.4, 0.5) is 18.9 Å². The molecule has 1 atom stereocenters. The van der Waals surface area contributed by atoms with Crippen molar-refractivity contribution < 1.29 is 13.2 Å². The minimum absolute atomic E-state index is 0.0532. The van der Waals surface area contributed by atoms with Gasteiger partial charge in [-0.25, -0.2) is 0 Å². The van der Waals surface area contributed by atoms with E-state index in [9.17, 15) is 13.2 Å². The molecule has 0 unspecified atom stereocenters. The van der Waals surface area contributed by atoms with Crippen molar-refractivity contribution >= 4 is 23.0 Å². The average Bonchev–Trinajstić information content (AvgIpc) is 2.47. The molecule has 0 amide bonds. The first-order valence-corrected chi connectivity index (χ1v) is 7.52. The second-order valence-corrected chi connectivity index (χ2v) is 5.69. The fourth-order valence-corrected chi connectivity index (χ4v) is 2.74. The van der Waals surface area contributed by atoms with Crippen LogP contribution in [-0.2, 0) is 6.42 Å². The van der Waals surface area contributed by atoms with Crippen molar-refractivity contribution in [1.82, 2.24) is 4.90 Å². The molecule has 1 aromatic carbocycles. The van der Waals surface area contributed by atoms with Crippen molar-refractivity contribution in [2.75, 3.05) is 18.4 Å². The van der Waals surface area contributed by atoms with Crippen molar-refractivity contribution in [3.63, 3.8) is 0 Å². The summed E-state index contributed by atoms with van der Waals surface area (Å²) < 4.78 is 38.4. The molecule has 0 radical (unpaired) electrons. The smallest absolute Gasteiger partial charge is 0.348 e. The summed E-state index contributed by atoms with van der Waals surface area (Å²) in [4.78, 5) is 1.62. The molecule has 1 saturated heterocycles. The first-order valence-electron chi connectivity index (χ1n) is 7.11. The molecule has 2 rings (SSSR count). The molecule has 0 bridgehead atoms. The summed E-state index contributed by atoms with van der Waals surface area (Å²) in [6.07, 6.45) is -2.49. The summed E-state index contributed by atoms with van der Waals surface area (Å²) in [6.45, 7) is 2.59. The molecule has 2 nitrogen and oxygen atoms in total. The van der Waals surface area contributed by atoms with Gasteiger partial charge in [-0.2, -0.15) is 13.2 Å². The van der Waals surface area contributed by atoms with Gasteiger partial charge in [-0.15, -0.1) is 0 Å².